The summed E-state index contributed by atoms with van der Waals surface area (Å²) >= 11 is 5.70. The Morgan fingerprint density at radius 2 is 2.15 bits per heavy atom. The lowest BCUT2D eigenvalue weighted by atomic mass is 9.83. The Hall–Kier alpha value is -1.16. The minimum absolute atomic E-state index is 0.119. The van der Waals surface area contributed by atoms with Gasteiger partial charge in [-0.3, -0.25) is 4.79 Å². The fraction of sp³-hybridized carbons (Fsp3) is 0.375. The summed E-state index contributed by atoms with van der Waals surface area (Å²) in [6.45, 7) is 0. The highest BCUT2D eigenvalue weighted by molar-refractivity contribution is 6.29. The van der Waals surface area contributed by atoms with Gasteiger partial charge in [-0.05, 0) is 0 Å². The number of carbonyl (C=O) groups excluding carboxylic acids is 1. The van der Waals surface area contributed by atoms with Crippen LogP contribution < -0.4 is 5.73 Å². The van der Waals surface area contributed by atoms with Gasteiger partial charge in [0.1, 0.15) is 22.6 Å². The third kappa shape index (κ3) is 1.62. The maximum absolute atomic E-state index is 10.7. The summed E-state index contributed by atoms with van der Waals surface area (Å²) in [5, 5.41) is 0.335. The molecule has 0 radical (unpaired) electrons. The van der Waals surface area contributed by atoms with Gasteiger partial charge in [0.2, 0.25) is 0 Å². The van der Waals surface area contributed by atoms with Crippen LogP contribution in [-0.2, 0) is 4.79 Å². The number of anilines is 1. The number of aromatic nitrogens is 2. The number of halogens is 1. The zero-order chi connectivity index (χ0) is 9.42. The Bertz CT molecular complexity index is 338. The van der Waals surface area contributed by atoms with Crippen molar-refractivity contribution < 1.29 is 4.79 Å². The molecule has 13 heavy (non-hydrogen) atoms. The van der Waals surface area contributed by atoms with E-state index < -0.39 is 0 Å². The van der Waals surface area contributed by atoms with Gasteiger partial charge in [0.05, 0.1) is 0 Å². The lowest BCUT2D eigenvalue weighted by Crippen LogP contribution is -2.23. The second-order valence-electron chi connectivity index (χ2n) is 3.12. The van der Waals surface area contributed by atoms with Crippen molar-refractivity contribution in [1.82, 2.24) is 9.97 Å². The molecular formula is C8H8ClN3O. The van der Waals surface area contributed by atoms with E-state index in [2.05, 4.69) is 9.97 Å². The molecule has 1 heterocycles. The number of nitrogens with zero attached hydrogens (tertiary/aromatic N) is 2. The highest BCUT2D eigenvalue weighted by Crippen LogP contribution is 2.32. The van der Waals surface area contributed by atoms with E-state index in [0.29, 0.717) is 29.6 Å². The average molecular weight is 198 g/mol. The van der Waals surface area contributed by atoms with Crippen LogP contribution in [0.3, 0.4) is 0 Å². The number of hydrogen-bond donors (Lipinski definition) is 1. The van der Waals surface area contributed by atoms with Crippen molar-refractivity contribution in [2.24, 2.45) is 0 Å². The number of hydrogen-bond acceptors (Lipinski definition) is 4. The number of ketones is 1. The second kappa shape index (κ2) is 2.96. The molecule has 1 saturated carbocycles. The van der Waals surface area contributed by atoms with Crippen LogP contribution in [0.25, 0.3) is 0 Å². The van der Waals surface area contributed by atoms with Gasteiger partial charge in [-0.1, -0.05) is 11.6 Å². The van der Waals surface area contributed by atoms with Gasteiger partial charge in [-0.2, -0.15) is 0 Å². The molecule has 0 bridgehead atoms. The SMILES string of the molecule is Nc1cc(Cl)nc(C2CC(=O)C2)n1. The first-order valence-corrected chi connectivity index (χ1v) is 4.34. The Balaban J connectivity index is 2.25. The summed E-state index contributed by atoms with van der Waals surface area (Å²) in [5.74, 6) is 1.31. The topological polar surface area (TPSA) is 68.9 Å². The molecule has 2 rings (SSSR count). The zero-order valence-corrected chi connectivity index (χ0v) is 7.58. The fourth-order valence-electron chi connectivity index (χ4n) is 1.31. The number of carbonyl (C=O) groups is 1. The van der Waals surface area contributed by atoms with E-state index in [1.54, 1.807) is 0 Å². The summed E-state index contributed by atoms with van der Waals surface area (Å²) in [6, 6.07) is 1.49. The van der Waals surface area contributed by atoms with Crippen molar-refractivity contribution in [3.8, 4) is 0 Å². The number of Topliss-reactive ketones (excluding diaryl/α,β-unsaturated/α-hetero) is 1. The van der Waals surface area contributed by atoms with Crippen molar-refractivity contribution in [2.75, 3.05) is 5.73 Å². The van der Waals surface area contributed by atoms with Gasteiger partial charge in [0.25, 0.3) is 0 Å². The Labute approximate surface area is 80.1 Å². The van der Waals surface area contributed by atoms with E-state index in [-0.39, 0.29) is 11.7 Å². The van der Waals surface area contributed by atoms with Crippen molar-refractivity contribution >= 4 is 23.2 Å². The van der Waals surface area contributed by atoms with Crippen LogP contribution in [0.5, 0.6) is 0 Å². The molecule has 0 aromatic carbocycles. The molecule has 0 aliphatic heterocycles. The van der Waals surface area contributed by atoms with Gasteiger partial charge >= 0.3 is 0 Å². The minimum atomic E-state index is 0.119. The van der Waals surface area contributed by atoms with Crippen molar-refractivity contribution in [2.45, 2.75) is 18.8 Å². The van der Waals surface area contributed by atoms with E-state index in [1.807, 2.05) is 0 Å². The van der Waals surface area contributed by atoms with Crippen LogP contribution in [-0.4, -0.2) is 15.8 Å². The molecule has 1 aromatic rings. The molecule has 5 heteroatoms. The molecule has 1 aliphatic rings. The first kappa shape index (κ1) is 8.44. The van der Waals surface area contributed by atoms with Crippen molar-refractivity contribution in [1.29, 1.82) is 0 Å². The highest BCUT2D eigenvalue weighted by Gasteiger charge is 2.30. The molecule has 2 N–H and O–H groups in total. The molecule has 68 valence electrons. The molecular weight excluding hydrogens is 190 g/mol. The number of nitrogens with two attached hydrogens (primary N) is 1. The second-order valence-corrected chi connectivity index (χ2v) is 3.50. The van der Waals surface area contributed by atoms with Crippen LogP contribution in [0.2, 0.25) is 5.15 Å². The molecule has 0 spiro atoms. The molecule has 0 saturated heterocycles. The average Bonchev–Trinajstić information content (AvgIpc) is 1.96. The Morgan fingerprint density at radius 1 is 1.46 bits per heavy atom. The Kier molecular flexibility index (Phi) is 1.92. The van der Waals surface area contributed by atoms with Crippen LogP contribution in [0, 0.1) is 0 Å². The van der Waals surface area contributed by atoms with Gasteiger partial charge < -0.3 is 5.73 Å². The summed E-state index contributed by atoms with van der Waals surface area (Å²) < 4.78 is 0. The maximum atomic E-state index is 10.7. The van der Waals surface area contributed by atoms with Gasteiger partial charge in [-0.25, -0.2) is 9.97 Å². The monoisotopic (exact) mass is 197 g/mol. The minimum Gasteiger partial charge on any atom is -0.384 e. The molecule has 1 fully saturated rings. The van der Waals surface area contributed by atoms with E-state index in [9.17, 15) is 4.79 Å². The van der Waals surface area contributed by atoms with Gasteiger partial charge in [0, 0.05) is 24.8 Å². The normalized spacial score (nSPS) is 17.2. The van der Waals surface area contributed by atoms with Gasteiger partial charge in [0.15, 0.2) is 0 Å². The molecule has 0 atom stereocenters. The number of nitrogen functional groups attached to an aromatic ring is 1. The number of rotatable bonds is 1. The third-order valence-electron chi connectivity index (χ3n) is 2.05. The van der Waals surface area contributed by atoms with Crippen molar-refractivity contribution in [3.05, 3.63) is 17.0 Å². The quantitative estimate of drug-likeness (QED) is 0.686. The standard InChI is InChI=1S/C8H8ClN3O/c9-6-3-7(10)12-8(11-6)4-1-5(13)2-4/h3-4H,1-2H2,(H2,10,11,12). The first-order chi connectivity index (χ1) is 6.15. The predicted octanol–water partition coefficient (Wildman–Crippen LogP) is 1.16. The van der Waals surface area contributed by atoms with E-state index >= 15 is 0 Å². The van der Waals surface area contributed by atoms with Crippen molar-refractivity contribution in [3.63, 3.8) is 0 Å². The fourth-order valence-corrected chi connectivity index (χ4v) is 1.51. The summed E-state index contributed by atoms with van der Waals surface area (Å²) in [6.07, 6.45) is 1.03. The maximum Gasteiger partial charge on any atom is 0.136 e. The van der Waals surface area contributed by atoms with E-state index in [4.69, 9.17) is 17.3 Å². The summed E-state index contributed by atoms with van der Waals surface area (Å²) in [4.78, 5) is 18.8. The van der Waals surface area contributed by atoms with Crippen LogP contribution in [0.1, 0.15) is 24.6 Å². The van der Waals surface area contributed by atoms with Crippen LogP contribution in [0.4, 0.5) is 5.82 Å². The van der Waals surface area contributed by atoms with E-state index in [1.165, 1.54) is 6.07 Å². The smallest absolute Gasteiger partial charge is 0.136 e. The van der Waals surface area contributed by atoms with E-state index in [0.717, 1.165) is 0 Å². The molecule has 4 nitrogen and oxygen atoms in total. The summed E-state index contributed by atoms with van der Waals surface area (Å²) in [5.41, 5.74) is 5.49. The predicted molar refractivity (Wildman–Crippen MR) is 48.4 cm³/mol. The highest BCUT2D eigenvalue weighted by atomic mass is 35.5. The molecule has 0 amide bonds. The van der Waals surface area contributed by atoms with Crippen LogP contribution >= 0.6 is 11.6 Å². The third-order valence-corrected chi connectivity index (χ3v) is 2.24. The molecule has 1 aliphatic carbocycles. The van der Waals surface area contributed by atoms with Gasteiger partial charge in [-0.15, -0.1) is 0 Å². The lowest BCUT2D eigenvalue weighted by Gasteiger charge is -2.22. The zero-order valence-electron chi connectivity index (χ0n) is 6.83. The molecule has 0 unspecified atom stereocenters. The lowest BCUT2D eigenvalue weighted by molar-refractivity contribution is -0.124. The molecule has 1 aromatic heterocycles. The largest absolute Gasteiger partial charge is 0.384 e. The first-order valence-electron chi connectivity index (χ1n) is 3.97. The van der Waals surface area contributed by atoms with Crippen LogP contribution in [0.15, 0.2) is 6.07 Å². The summed E-state index contributed by atoms with van der Waals surface area (Å²) in [7, 11) is 0. The Morgan fingerprint density at radius 3 is 2.69 bits per heavy atom.